The van der Waals surface area contributed by atoms with E-state index < -0.39 is 11.8 Å². The molecule has 0 bridgehead atoms. The summed E-state index contributed by atoms with van der Waals surface area (Å²) in [5.74, 6) is -0.957. The van der Waals surface area contributed by atoms with Crippen molar-refractivity contribution >= 4 is 11.5 Å². The molecule has 1 aliphatic rings. The minimum Gasteiger partial charge on any atom is -0.465 e. The van der Waals surface area contributed by atoms with Crippen molar-refractivity contribution in [2.75, 3.05) is 7.11 Å². The Morgan fingerprint density at radius 3 is 2.83 bits per heavy atom. The highest BCUT2D eigenvalue weighted by Gasteiger charge is 2.20. The molecule has 0 atom stereocenters. The highest BCUT2D eigenvalue weighted by atomic mass is 19.1. The molecular weight excluding hydrogens is 293 g/mol. The number of carbonyl (C=O) groups excluding carboxylic acids is 1. The van der Waals surface area contributed by atoms with Crippen LogP contribution in [0.15, 0.2) is 42.5 Å². The van der Waals surface area contributed by atoms with Crippen molar-refractivity contribution in [1.82, 2.24) is 0 Å². The summed E-state index contributed by atoms with van der Waals surface area (Å²) in [5.41, 5.74) is 3.40. The molecule has 0 spiro atoms. The lowest BCUT2D eigenvalue weighted by Crippen LogP contribution is -2.07. The summed E-state index contributed by atoms with van der Waals surface area (Å²) in [7, 11) is 1.33. The summed E-state index contributed by atoms with van der Waals surface area (Å²) in [5, 5.41) is 9.01. The topological polar surface area (TPSA) is 50.1 Å². The fourth-order valence-corrected chi connectivity index (χ4v) is 2.85. The number of rotatable bonds is 2. The maximum atomic E-state index is 14.5. The molecular formula is C19H14FNO2. The zero-order valence-electron chi connectivity index (χ0n) is 12.6. The van der Waals surface area contributed by atoms with Crippen LogP contribution in [0.1, 0.15) is 39.0 Å². The number of benzene rings is 2. The third kappa shape index (κ3) is 2.62. The van der Waals surface area contributed by atoms with E-state index >= 15 is 0 Å². The smallest absolute Gasteiger partial charge is 0.337 e. The van der Waals surface area contributed by atoms with Crippen LogP contribution in [0.2, 0.25) is 0 Å². The van der Waals surface area contributed by atoms with Crippen LogP contribution < -0.4 is 0 Å². The van der Waals surface area contributed by atoms with Gasteiger partial charge in [0.25, 0.3) is 0 Å². The lowest BCUT2D eigenvalue weighted by molar-refractivity contribution is 0.0600. The third-order valence-electron chi connectivity index (χ3n) is 3.99. The van der Waals surface area contributed by atoms with Gasteiger partial charge in [-0.15, -0.1) is 0 Å². The molecule has 4 heteroatoms. The van der Waals surface area contributed by atoms with Gasteiger partial charge >= 0.3 is 5.97 Å². The fourth-order valence-electron chi connectivity index (χ4n) is 2.85. The predicted molar refractivity (Wildman–Crippen MR) is 84.3 cm³/mol. The van der Waals surface area contributed by atoms with Crippen molar-refractivity contribution in [3.8, 4) is 6.07 Å². The number of halogens is 1. The molecule has 0 heterocycles. The molecule has 0 radical (unpaired) electrons. The number of ether oxygens (including phenoxy) is 1. The van der Waals surface area contributed by atoms with E-state index in [1.807, 2.05) is 18.2 Å². The Morgan fingerprint density at radius 2 is 2.09 bits per heavy atom. The van der Waals surface area contributed by atoms with Gasteiger partial charge in [-0.2, -0.15) is 5.26 Å². The van der Waals surface area contributed by atoms with Gasteiger partial charge < -0.3 is 4.74 Å². The van der Waals surface area contributed by atoms with Gasteiger partial charge in [0.05, 0.1) is 18.2 Å². The van der Waals surface area contributed by atoms with Gasteiger partial charge in [0.2, 0.25) is 0 Å². The first-order chi connectivity index (χ1) is 11.2. The number of hydrogen-bond acceptors (Lipinski definition) is 3. The Bertz CT molecular complexity index is 862. The van der Waals surface area contributed by atoms with Crippen molar-refractivity contribution in [3.63, 3.8) is 0 Å². The minimum absolute atomic E-state index is 0.0136. The Kier molecular flexibility index (Phi) is 3.94. The first kappa shape index (κ1) is 15.0. The van der Waals surface area contributed by atoms with Gasteiger partial charge in [0.1, 0.15) is 11.9 Å². The lowest BCUT2D eigenvalue weighted by Gasteiger charge is -2.19. The number of allylic oxidation sites excluding steroid dienone is 1. The SMILES string of the molecule is COC(=O)c1ccc2c(c1)C(c1cccc(C#N)c1F)=CCC2. The number of aryl methyl sites for hydroxylation is 1. The van der Waals surface area contributed by atoms with Crippen molar-refractivity contribution in [2.45, 2.75) is 12.8 Å². The van der Waals surface area contributed by atoms with Gasteiger partial charge in [-0.3, -0.25) is 0 Å². The summed E-state index contributed by atoms with van der Waals surface area (Å²) >= 11 is 0. The van der Waals surface area contributed by atoms with Crippen molar-refractivity contribution in [1.29, 1.82) is 5.26 Å². The average molecular weight is 307 g/mol. The summed E-state index contributed by atoms with van der Waals surface area (Å²) in [6.07, 6.45) is 3.57. The molecule has 23 heavy (non-hydrogen) atoms. The molecule has 0 aromatic heterocycles. The van der Waals surface area contributed by atoms with E-state index in [1.165, 1.54) is 13.2 Å². The van der Waals surface area contributed by atoms with Crippen LogP contribution in [0.25, 0.3) is 5.57 Å². The summed E-state index contributed by atoms with van der Waals surface area (Å²) in [6.45, 7) is 0. The molecule has 2 aromatic rings. The lowest BCUT2D eigenvalue weighted by atomic mass is 9.85. The number of methoxy groups -OCH3 is 1. The molecule has 0 N–H and O–H groups in total. The van der Waals surface area contributed by atoms with Crippen LogP contribution in [0, 0.1) is 17.1 Å². The Labute approximate surface area is 133 Å². The number of hydrogen-bond donors (Lipinski definition) is 0. The number of fused-ring (bicyclic) bond motifs is 1. The van der Waals surface area contributed by atoms with Crippen LogP contribution >= 0.6 is 0 Å². The zero-order valence-corrected chi connectivity index (χ0v) is 12.6. The molecule has 0 saturated carbocycles. The summed E-state index contributed by atoms with van der Waals surface area (Å²) in [6, 6.07) is 12.0. The second-order valence-corrected chi connectivity index (χ2v) is 5.30. The summed E-state index contributed by atoms with van der Waals surface area (Å²) < 4.78 is 19.3. The molecule has 3 nitrogen and oxygen atoms in total. The molecule has 0 unspecified atom stereocenters. The third-order valence-corrected chi connectivity index (χ3v) is 3.99. The monoisotopic (exact) mass is 307 g/mol. The standard InChI is InChI=1S/C19H14FNO2/c1-23-19(22)13-9-8-12-4-2-6-15(17(12)10-13)16-7-3-5-14(11-21)18(16)20/h3,5-10H,2,4H2,1H3. The molecule has 1 aliphatic carbocycles. The molecule has 0 saturated heterocycles. The number of nitriles is 1. The van der Waals surface area contributed by atoms with E-state index in [4.69, 9.17) is 10.00 Å². The van der Waals surface area contributed by atoms with E-state index in [0.717, 1.165) is 24.0 Å². The maximum absolute atomic E-state index is 14.5. The predicted octanol–water partition coefficient (Wildman–Crippen LogP) is 3.86. The van der Waals surface area contributed by atoms with Crippen LogP contribution in [-0.4, -0.2) is 13.1 Å². The molecule has 0 fully saturated rings. The summed E-state index contributed by atoms with van der Waals surface area (Å²) in [4.78, 5) is 11.8. The van der Waals surface area contributed by atoms with Gasteiger partial charge in [0, 0.05) is 5.56 Å². The minimum atomic E-state index is -0.530. The van der Waals surface area contributed by atoms with E-state index in [-0.39, 0.29) is 5.56 Å². The van der Waals surface area contributed by atoms with E-state index in [2.05, 4.69) is 0 Å². The fraction of sp³-hybridized carbons (Fsp3) is 0.158. The second kappa shape index (κ2) is 6.05. The highest BCUT2D eigenvalue weighted by Crippen LogP contribution is 2.34. The Morgan fingerprint density at radius 1 is 1.26 bits per heavy atom. The van der Waals surface area contributed by atoms with Gasteiger partial charge in [-0.05, 0) is 47.7 Å². The number of carbonyl (C=O) groups is 1. The van der Waals surface area contributed by atoms with Crippen LogP contribution in [-0.2, 0) is 11.2 Å². The molecule has 2 aromatic carbocycles. The average Bonchev–Trinajstić information content (AvgIpc) is 2.60. The molecule has 3 rings (SSSR count). The van der Waals surface area contributed by atoms with Gasteiger partial charge in [-0.25, -0.2) is 9.18 Å². The van der Waals surface area contributed by atoms with Crippen LogP contribution in [0.4, 0.5) is 4.39 Å². The van der Waals surface area contributed by atoms with Crippen molar-refractivity contribution in [2.24, 2.45) is 0 Å². The van der Waals surface area contributed by atoms with Crippen molar-refractivity contribution in [3.05, 3.63) is 76.1 Å². The van der Waals surface area contributed by atoms with E-state index in [9.17, 15) is 9.18 Å². The molecule has 0 aliphatic heterocycles. The van der Waals surface area contributed by atoms with E-state index in [1.54, 1.807) is 24.3 Å². The van der Waals surface area contributed by atoms with E-state index in [0.29, 0.717) is 16.7 Å². The quantitative estimate of drug-likeness (QED) is 0.792. The second-order valence-electron chi connectivity index (χ2n) is 5.30. The molecule has 0 amide bonds. The van der Waals surface area contributed by atoms with Crippen molar-refractivity contribution < 1.29 is 13.9 Å². The molecule has 114 valence electrons. The Hall–Kier alpha value is -2.93. The first-order valence-corrected chi connectivity index (χ1v) is 7.26. The Balaban J connectivity index is 2.16. The highest BCUT2D eigenvalue weighted by molar-refractivity contribution is 5.92. The van der Waals surface area contributed by atoms with Gasteiger partial charge in [0.15, 0.2) is 0 Å². The largest absolute Gasteiger partial charge is 0.465 e. The number of esters is 1. The van der Waals surface area contributed by atoms with Gasteiger partial charge in [-0.1, -0.05) is 24.3 Å². The maximum Gasteiger partial charge on any atom is 0.337 e. The van der Waals surface area contributed by atoms with Crippen LogP contribution in [0.5, 0.6) is 0 Å². The normalized spacial score (nSPS) is 12.8. The van der Waals surface area contributed by atoms with Crippen LogP contribution in [0.3, 0.4) is 0 Å². The zero-order chi connectivity index (χ0) is 16.4. The number of nitrogens with zero attached hydrogens (tertiary/aromatic N) is 1. The first-order valence-electron chi connectivity index (χ1n) is 7.26.